The Bertz CT molecular complexity index is 3150. The summed E-state index contributed by atoms with van der Waals surface area (Å²) < 4.78 is 107. The Balaban J connectivity index is 1.28. The summed E-state index contributed by atoms with van der Waals surface area (Å²) in [6.07, 6.45) is -3.89. The quantitative estimate of drug-likeness (QED) is 0.0712. The summed E-state index contributed by atoms with van der Waals surface area (Å²) in [5, 5.41) is 12.3. The van der Waals surface area contributed by atoms with Gasteiger partial charge in [0.1, 0.15) is 39.3 Å². The summed E-state index contributed by atoms with van der Waals surface area (Å²) in [5.41, 5.74) is 1.46. The van der Waals surface area contributed by atoms with Crippen LogP contribution >= 0.6 is 0 Å². The van der Waals surface area contributed by atoms with Crippen molar-refractivity contribution in [1.82, 2.24) is 34.4 Å². The van der Waals surface area contributed by atoms with E-state index in [-0.39, 0.29) is 55.4 Å². The molecule has 6 aromatic carbocycles. The molecule has 15 nitrogen and oxygen atoms in total. The maximum atomic E-state index is 15.7. The number of ether oxygens (including phenoxy) is 5. The lowest BCUT2D eigenvalue weighted by Gasteiger charge is -2.27. The van der Waals surface area contributed by atoms with E-state index in [1.165, 1.54) is 50.4 Å². The minimum atomic E-state index is -5.21. The second kappa shape index (κ2) is 22.4. The lowest BCUT2D eigenvalue weighted by molar-refractivity contribution is -0.139. The van der Waals surface area contributed by atoms with Crippen molar-refractivity contribution in [3.8, 4) is 51.3 Å². The first-order chi connectivity index (χ1) is 35.2. The number of sulfonamides is 1. The lowest BCUT2D eigenvalue weighted by atomic mass is 9.97. The number of carbonyl (C=O) groups excluding carboxylic acids is 1. The van der Waals surface area contributed by atoms with Crippen LogP contribution in [0.2, 0.25) is 0 Å². The van der Waals surface area contributed by atoms with Crippen molar-refractivity contribution < 1.29 is 50.1 Å². The predicted octanol–water partition coefficient (Wildman–Crippen LogP) is 9.75. The van der Waals surface area contributed by atoms with Crippen LogP contribution in [0.15, 0.2) is 157 Å². The molecule has 0 N–H and O–H groups in total. The summed E-state index contributed by atoms with van der Waals surface area (Å²) >= 11 is 0. The van der Waals surface area contributed by atoms with Gasteiger partial charge in [-0.15, -0.1) is 5.10 Å². The third kappa shape index (κ3) is 11.9. The molecule has 0 radical (unpaired) electrons. The number of aromatic nitrogens is 5. The fourth-order valence-corrected chi connectivity index (χ4v) is 9.92. The predicted molar refractivity (Wildman–Crippen MR) is 266 cm³/mol. The molecule has 376 valence electrons. The molecule has 8 rings (SSSR count). The van der Waals surface area contributed by atoms with Crippen LogP contribution < -0.4 is 23.7 Å². The minimum Gasteiger partial charge on any atom is -0.497 e. The Morgan fingerprint density at radius 2 is 0.986 bits per heavy atom. The van der Waals surface area contributed by atoms with Gasteiger partial charge in [-0.3, -0.25) is 9.78 Å². The zero-order chi connectivity index (χ0) is 51.7. The van der Waals surface area contributed by atoms with Gasteiger partial charge in [-0.25, -0.2) is 13.1 Å². The fraction of sp³-hybridized carbons (Fsp3) is 0.204. The zero-order valence-electron chi connectivity index (χ0n) is 40.4. The van der Waals surface area contributed by atoms with Crippen molar-refractivity contribution in [3.05, 3.63) is 191 Å². The van der Waals surface area contributed by atoms with E-state index in [1.54, 1.807) is 116 Å². The van der Waals surface area contributed by atoms with Crippen LogP contribution in [-0.4, -0.2) is 84.3 Å². The Hall–Kier alpha value is -8.29. The van der Waals surface area contributed by atoms with Crippen molar-refractivity contribution >= 4 is 15.9 Å². The van der Waals surface area contributed by atoms with Gasteiger partial charge in [0.25, 0.3) is 5.91 Å². The van der Waals surface area contributed by atoms with E-state index in [9.17, 15) is 4.79 Å². The molecule has 0 saturated heterocycles. The number of benzene rings is 6. The number of tetrazole rings is 1. The lowest BCUT2D eigenvalue weighted by Crippen LogP contribution is -2.32. The Labute approximate surface area is 420 Å². The van der Waals surface area contributed by atoms with E-state index in [0.717, 1.165) is 21.5 Å². The minimum absolute atomic E-state index is 0.00831. The van der Waals surface area contributed by atoms with Crippen LogP contribution in [0.25, 0.3) is 22.5 Å². The highest BCUT2D eigenvalue weighted by molar-refractivity contribution is 7.89. The largest absolute Gasteiger partial charge is 0.497 e. The molecular weight excluding hydrogens is 964 g/mol. The smallest absolute Gasteiger partial charge is 0.417 e. The van der Waals surface area contributed by atoms with Gasteiger partial charge in [-0.2, -0.15) is 17.5 Å². The molecule has 0 fully saturated rings. The maximum Gasteiger partial charge on any atom is 0.417 e. The van der Waals surface area contributed by atoms with E-state index in [2.05, 4.69) is 20.5 Å². The Morgan fingerprint density at radius 3 is 1.38 bits per heavy atom. The molecule has 0 atom stereocenters. The monoisotopic (exact) mass is 1010 g/mol. The Kier molecular flexibility index (Phi) is 15.7. The van der Waals surface area contributed by atoms with E-state index < -0.39 is 38.1 Å². The molecule has 73 heavy (non-hydrogen) atoms. The molecule has 0 spiro atoms. The Morgan fingerprint density at radius 1 is 0.562 bits per heavy atom. The summed E-state index contributed by atoms with van der Waals surface area (Å²) in [5.74, 6) is 2.10. The summed E-state index contributed by atoms with van der Waals surface area (Å²) in [4.78, 5) is 19.6. The third-order valence-corrected chi connectivity index (χ3v) is 13.9. The second-order valence-corrected chi connectivity index (χ2v) is 18.5. The average Bonchev–Trinajstić information content (AvgIpc) is 3.88. The van der Waals surface area contributed by atoms with Crippen molar-refractivity contribution in [2.24, 2.45) is 0 Å². The van der Waals surface area contributed by atoms with E-state index >= 15 is 21.6 Å². The number of methoxy groups -OCH3 is 5. The van der Waals surface area contributed by atoms with Gasteiger partial charge in [0.2, 0.25) is 10.0 Å². The number of pyridine rings is 1. The molecule has 1 amide bonds. The van der Waals surface area contributed by atoms with Crippen molar-refractivity contribution in [1.29, 1.82) is 0 Å². The first-order valence-corrected chi connectivity index (χ1v) is 24.1. The number of nitrogens with zero attached hydrogens (tertiary/aromatic N) is 7. The molecule has 0 unspecified atom stereocenters. The average molecular weight is 1010 g/mol. The second-order valence-electron chi connectivity index (χ2n) is 16.6. The zero-order valence-corrected chi connectivity index (χ0v) is 41.2. The molecule has 19 heteroatoms. The van der Waals surface area contributed by atoms with Crippen LogP contribution in [0.1, 0.15) is 43.9 Å². The highest BCUT2D eigenvalue weighted by atomic mass is 32.2. The highest BCUT2D eigenvalue weighted by Crippen LogP contribution is 2.45. The number of rotatable bonds is 20. The van der Waals surface area contributed by atoms with Crippen LogP contribution in [0.3, 0.4) is 0 Å². The standard InChI is InChI=1S/C54H50F3N7O8S/c1-68-42-17-6-36(7-18-42)31-62(32-37-8-19-43(69-2)20-9-37)53(65)49-29-16-41(30-58-49)47-27-28-48(54(55,56)57)51(50(47)52-59-60-61-64(52)35-40-14-25-46(72-5)26-15-40)73(66,67)63(33-38-10-21-44(70-3)22-11-38)34-39-12-23-45(71-4)24-13-39/h6-30H,31-35H2,1-5H3. The van der Waals surface area contributed by atoms with Gasteiger partial charge in [0, 0.05) is 43.5 Å². The first-order valence-electron chi connectivity index (χ1n) is 22.6. The molecule has 2 heterocycles. The molecule has 2 aromatic heterocycles. The first kappa shape index (κ1) is 51.1. The third-order valence-electron chi connectivity index (χ3n) is 12.0. The van der Waals surface area contributed by atoms with E-state index in [4.69, 9.17) is 23.7 Å². The summed E-state index contributed by atoms with van der Waals surface area (Å²) in [6.45, 7) is -0.408. The molecule has 0 saturated carbocycles. The van der Waals surface area contributed by atoms with Gasteiger partial charge in [-0.1, -0.05) is 72.8 Å². The number of amides is 1. The normalized spacial score (nSPS) is 11.6. The van der Waals surface area contributed by atoms with Gasteiger partial charge in [0.05, 0.1) is 47.7 Å². The van der Waals surface area contributed by atoms with Crippen LogP contribution in [0, 0.1) is 0 Å². The number of carbonyl (C=O) groups is 1. The molecule has 8 aromatic rings. The number of halogens is 3. The molecule has 0 bridgehead atoms. The van der Waals surface area contributed by atoms with Gasteiger partial charge in [0.15, 0.2) is 5.82 Å². The molecule has 0 aliphatic heterocycles. The molecular formula is C54H50F3N7O8S. The van der Waals surface area contributed by atoms with Gasteiger partial charge >= 0.3 is 6.18 Å². The van der Waals surface area contributed by atoms with Crippen molar-refractivity contribution in [2.75, 3.05) is 35.5 Å². The topological polar surface area (TPSA) is 160 Å². The SMILES string of the molecule is COc1ccc(CN(Cc2ccc(OC)cc2)C(=O)c2ccc(-c3ccc(C(F)(F)F)c(S(=O)(=O)N(Cc4ccc(OC)cc4)Cc4ccc(OC)cc4)c3-c3nnnn3Cc3ccc(OC)cc3)cn2)cc1. The number of alkyl halides is 3. The summed E-state index contributed by atoms with van der Waals surface area (Å²) in [7, 11) is 2.39. The highest BCUT2D eigenvalue weighted by Gasteiger charge is 2.43. The fourth-order valence-electron chi connectivity index (χ4n) is 8.10. The van der Waals surface area contributed by atoms with Crippen LogP contribution in [-0.2, 0) is 48.9 Å². The van der Waals surface area contributed by atoms with Crippen molar-refractivity contribution in [2.45, 2.75) is 43.8 Å². The van der Waals surface area contributed by atoms with E-state index in [1.807, 2.05) is 24.3 Å². The molecule has 0 aliphatic carbocycles. The van der Waals surface area contributed by atoms with Crippen molar-refractivity contribution in [3.63, 3.8) is 0 Å². The van der Waals surface area contributed by atoms with E-state index in [0.29, 0.717) is 45.4 Å². The van der Waals surface area contributed by atoms with Crippen LogP contribution in [0.4, 0.5) is 13.2 Å². The number of hydrogen-bond donors (Lipinski definition) is 0. The summed E-state index contributed by atoms with van der Waals surface area (Å²) in [6, 6.07) is 39.3. The van der Waals surface area contributed by atoms with Crippen LogP contribution in [0.5, 0.6) is 28.7 Å². The van der Waals surface area contributed by atoms with Gasteiger partial charge in [-0.05, 0) is 117 Å². The number of hydrogen-bond acceptors (Lipinski definition) is 12. The maximum absolute atomic E-state index is 15.7. The molecule has 0 aliphatic rings. The van der Waals surface area contributed by atoms with Gasteiger partial charge < -0.3 is 28.6 Å².